The molecule has 0 N–H and O–H groups in total. The van der Waals surface area contributed by atoms with Crippen LogP contribution in [-0.4, -0.2) is 0 Å². The molecule has 0 heterocycles. The Bertz CT molecular complexity index is 524. The Hall–Kier alpha value is -1.91. The van der Waals surface area contributed by atoms with Crippen molar-refractivity contribution in [3.8, 4) is 0 Å². The molecule has 0 aliphatic heterocycles. The molecule has 0 radical (unpaired) electrons. The summed E-state index contributed by atoms with van der Waals surface area (Å²) in [6.45, 7) is 0. The topological polar surface area (TPSA) is 0 Å². The Balaban J connectivity index is 2.12. The second-order valence-electron chi connectivity index (χ2n) is 4.67. The summed E-state index contributed by atoms with van der Waals surface area (Å²) in [4.78, 5) is 0. The predicted octanol–water partition coefficient (Wildman–Crippen LogP) is 2.91. The fraction of sp³-hybridized carbons (Fsp3) is 0. The molecule has 0 amide bonds. The van der Waals surface area contributed by atoms with Crippen LogP contribution >= 0.6 is 7.92 Å². The summed E-state index contributed by atoms with van der Waals surface area (Å²) >= 11 is 0. The zero-order valence-corrected chi connectivity index (χ0v) is 11.9. The first-order chi connectivity index (χ1) is 9.45. The molecular weight excluding hydrogens is 247 g/mol. The first-order valence-electron chi connectivity index (χ1n) is 6.60. The first-order valence-corrected chi connectivity index (χ1v) is 8.33. The van der Waals surface area contributed by atoms with Crippen LogP contribution in [-0.2, 0) is 0 Å². The van der Waals surface area contributed by atoms with Crippen LogP contribution in [0, 0.1) is 0 Å². The molecule has 1 heteroatoms. The van der Waals surface area contributed by atoms with Crippen molar-refractivity contribution >= 4 is 23.8 Å². The Morgan fingerprint density at radius 3 is 0.895 bits per heavy atom. The van der Waals surface area contributed by atoms with Crippen molar-refractivity contribution in [3.05, 3.63) is 91.0 Å². The quantitative estimate of drug-likeness (QED) is 0.638. The fourth-order valence-corrected chi connectivity index (χ4v) is 5.49. The van der Waals surface area contributed by atoms with Gasteiger partial charge < -0.3 is 0 Å². The van der Waals surface area contributed by atoms with Crippen LogP contribution in [0.4, 0.5) is 0 Å². The number of hydrogen-bond acceptors (Lipinski definition) is 0. The molecule has 0 aliphatic rings. The van der Waals surface area contributed by atoms with Crippen molar-refractivity contribution in [1.82, 2.24) is 0 Å². The van der Waals surface area contributed by atoms with Crippen LogP contribution in [0.15, 0.2) is 91.0 Å². The molecule has 0 spiro atoms. The normalized spacial score (nSPS) is 11.1. The molecule has 0 saturated carbocycles. The molecule has 0 saturated heterocycles. The zero-order valence-electron chi connectivity index (χ0n) is 10.7. The maximum absolute atomic E-state index is 2.26. The third kappa shape index (κ3) is 2.75. The van der Waals surface area contributed by atoms with Crippen molar-refractivity contribution in [1.29, 1.82) is 0 Å². The minimum atomic E-state index is -1.31. The third-order valence-electron chi connectivity index (χ3n) is 3.40. The van der Waals surface area contributed by atoms with Gasteiger partial charge in [0.1, 0.15) is 0 Å². The first kappa shape index (κ1) is 12.1. The second-order valence-corrected chi connectivity index (χ2v) is 7.53. The van der Waals surface area contributed by atoms with Gasteiger partial charge in [0.25, 0.3) is 0 Å². The molecule has 0 aromatic heterocycles. The SMILES string of the molecule is c1ccc([PH2](c2ccccc2)c2ccccc2)cc1. The van der Waals surface area contributed by atoms with Crippen molar-refractivity contribution in [3.63, 3.8) is 0 Å². The molecule has 0 bridgehead atoms. The van der Waals surface area contributed by atoms with Crippen molar-refractivity contribution in [2.45, 2.75) is 0 Å². The summed E-state index contributed by atoms with van der Waals surface area (Å²) in [5, 5.41) is 4.42. The van der Waals surface area contributed by atoms with E-state index in [0.717, 1.165) is 0 Å². The molecule has 3 aromatic carbocycles. The molecule has 0 atom stereocenters. The van der Waals surface area contributed by atoms with E-state index in [2.05, 4.69) is 91.0 Å². The van der Waals surface area contributed by atoms with Gasteiger partial charge in [-0.15, -0.1) is 0 Å². The van der Waals surface area contributed by atoms with Gasteiger partial charge in [-0.2, -0.15) is 0 Å². The summed E-state index contributed by atoms with van der Waals surface area (Å²) < 4.78 is 0. The van der Waals surface area contributed by atoms with E-state index in [-0.39, 0.29) is 0 Å². The minimum absolute atomic E-state index is 1.31. The van der Waals surface area contributed by atoms with E-state index in [1.165, 1.54) is 15.9 Å². The van der Waals surface area contributed by atoms with E-state index in [1.807, 2.05) is 0 Å². The summed E-state index contributed by atoms with van der Waals surface area (Å²) in [6.07, 6.45) is 0. The van der Waals surface area contributed by atoms with Gasteiger partial charge in [-0.05, 0) is 0 Å². The standard InChI is InChI=1S/C18H17P/c1-4-10-16(11-5-1)19(17-12-6-2-7-13-17)18-14-8-3-9-15-18/h1-15H,19H2. The van der Waals surface area contributed by atoms with Gasteiger partial charge in [0.15, 0.2) is 0 Å². The molecule has 0 nitrogen and oxygen atoms in total. The average molecular weight is 264 g/mol. The molecule has 3 rings (SSSR count). The van der Waals surface area contributed by atoms with Gasteiger partial charge in [0.2, 0.25) is 0 Å². The number of benzene rings is 3. The Morgan fingerprint density at radius 1 is 0.368 bits per heavy atom. The van der Waals surface area contributed by atoms with E-state index in [9.17, 15) is 0 Å². The molecule has 19 heavy (non-hydrogen) atoms. The predicted molar refractivity (Wildman–Crippen MR) is 87.9 cm³/mol. The second kappa shape index (κ2) is 5.82. The summed E-state index contributed by atoms with van der Waals surface area (Å²) in [7, 11) is -1.31. The van der Waals surface area contributed by atoms with Gasteiger partial charge in [0.05, 0.1) is 0 Å². The number of rotatable bonds is 3. The Kier molecular flexibility index (Phi) is 3.72. The van der Waals surface area contributed by atoms with E-state index in [4.69, 9.17) is 0 Å². The van der Waals surface area contributed by atoms with Crippen molar-refractivity contribution in [2.75, 3.05) is 0 Å². The van der Waals surface area contributed by atoms with Crippen molar-refractivity contribution in [2.24, 2.45) is 0 Å². The number of hydrogen-bond donors (Lipinski definition) is 0. The van der Waals surface area contributed by atoms with Gasteiger partial charge >= 0.3 is 115 Å². The monoisotopic (exact) mass is 264 g/mol. The summed E-state index contributed by atoms with van der Waals surface area (Å²) in [5.41, 5.74) is 0. The van der Waals surface area contributed by atoms with Gasteiger partial charge in [-0.3, -0.25) is 0 Å². The van der Waals surface area contributed by atoms with Crippen molar-refractivity contribution < 1.29 is 0 Å². The van der Waals surface area contributed by atoms with Gasteiger partial charge in [0, 0.05) is 0 Å². The molecule has 3 aromatic rings. The van der Waals surface area contributed by atoms with Crippen LogP contribution in [0.1, 0.15) is 0 Å². The maximum atomic E-state index is 2.26. The Morgan fingerprint density at radius 2 is 0.632 bits per heavy atom. The molecule has 0 aliphatic carbocycles. The zero-order chi connectivity index (χ0) is 12.9. The molecule has 0 fully saturated rings. The van der Waals surface area contributed by atoms with E-state index in [1.54, 1.807) is 0 Å². The third-order valence-corrected chi connectivity index (χ3v) is 6.55. The van der Waals surface area contributed by atoms with Gasteiger partial charge in [-0.25, -0.2) is 0 Å². The van der Waals surface area contributed by atoms with Crippen LogP contribution in [0.3, 0.4) is 0 Å². The van der Waals surface area contributed by atoms with E-state index in [0.29, 0.717) is 0 Å². The van der Waals surface area contributed by atoms with E-state index < -0.39 is 7.92 Å². The molecule has 94 valence electrons. The van der Waals surface area contributed by atoms with E-state index >= 15 is 0 Å². The molecular formula is C18H17P. The van der Waals surface area contributed by atoms with Crippen LogP contribution < -0.4 is 15.9 Å². The fourth-order valence-electron chi connectivity index (χ4n) is 2.51. The average Bonchev–Trinajstić information content (AvgIpc) is 2.51. The van der Waals surface area contributed by atoms with Crippen LogP contribution in [0.5, 0.6) is 0 Å². The van der Waals surface area contributed by atoms with Crippen LogP contribution in [0.25, 0.3) is 0 Å². The van der Waals surface area contributed by atoms with Crippen LogP contribution in [0.2, 0.25) is 0 Å². The van der Waals surface area contributed by atoms with Gasteiger partial charge in [-0.1, -0.05) is 0 Å². The summed E-state index contributed by atoms with van der Waals surface area (Å²) in [5.74, 6) is 0. The molecule has 0 unspecified atom stereocenters. The Labute approximate surface area is 115 Å². The summed E-state index contributed by atoms with van der Waals surface area (Å²) in [6, 6.07) is 32.7.